The molecule has 5 rings (SSSR count). The monoisotopic (exact) mass is 534 g/mol. The molecule has 2 aliphatic heterocycles. The highest BCUT2D eigenvalue weighted by atomic mass is 19.4. The fraction of sp³-hybridized carbons (Fsp3) is 0.565. The van der Waals surface area contributed by atoms with Gasteiger partial charge in [-0.15, -0.1) is 0 Å². The van der Waals surface area contributed by atoms with Crippen LogP contribution in [0.4, 0.5) is 30.9 Å². The molecular weight excluding hydrogens is 505 g/mol. The molecule has 2 fully saturated rings. The number of ether oxygens (including phenoxy) is 1. The highest BCUT2D eigenvalue weighted by molar-refractivity contribution is 5.88. The van der Waals surface area contributed by atoms with Crippen LogP contribution < -0.4 is 15.1 Å². The number of anilines is 3. The van der Waals surface area contributed by atoms with Crippen molar-refractivity contribution in [3.63, 3.8) is 0 Å². The molecule has 2 aliphatic rings. The van der Waals surface area contributed by atoms with Gasteiger partial charge in [0.1, 0.15) is 6.54 Å². The van der Waals surface area contributed by atoms with Crippen LogP contribution >= 0.6 is 0 Å². The summed E-state index contributed by atoms with van der Waals surface area (Å²) in [5.41, 5.74) is 0.817. The molecule has 1 N–H and O–H groups in total. The van der Waals surface area contributed by atoms with Crippen molar-refractivity contribution < 1.29 is 22.7 Å². The van der Waals surface area contributed by atoms with Crippen molar-refractivity contribution in [1.82, 2.24) is 34.4 Å². The van der Waals surface area contributed by atoms with Gasteiger partial charge in [-0.3, -0.25) is 9.36 Å². The third-order valence-corrected chi connectivity index (χ3v) is 6.65. The lowest BCUT2D eigenvalue weighted by atomic mass is 10.2. The predicted molar refractivity (Wildman–Crippen MR) is 134 cm³/mol. The van der Waals surface area contributed by atoms with E-state index < -0.39 is 12.7 Å². The highest BCUT2D eigenvalue weighted by Gasteiger charge is 2.35. The van der Waals surface area contributed by atoms with E-state index in [9.17, 15) is 18.0 Å². The Balaban J connectivity index is 1.67. The third-order valence-electron chi connectivity index (χ3n) is 6.65. The fourth-order valence-electron chi connectivity index (χ4n) is 4.85. The van der Waals surface area contributed by atoms with E-state index in [1.165, 1.54) is 19.3 Å². The van der Waals surface area contributed by atoms with Crippen LogP contribution in [0.25, 0.3) is 22.6 Å². The number of nitrogens with zero attached hydrogens (tertiary/aromatic N) is 9. The molecule has 0 aromatic carbocycles. The van der Waals surface area contributed by atoms with Crippen molar-refractivity contribution in [2.24, 2.45) is 0 Å². The fourth-order valence-corrected chi connectivity index (χ4v) is 4.85. The summed E-state index contributed by atoms with van der Waals surface area (Å²) in [4.78, 5) is 39.8. The lowest BCUT2D eigenvalue weighted by molar-refractivity contribution is -0.139. The lowest BCUT2D eigenvalue weighted by Crippen LogP contribution is -2.54. The Kier molecular flexibility index (Phi) is 6.94. The summed E-state index contributed by atoms with van der Waals surface area (Å²) in [6.45, 7) is 5.10. The zero-order valence-electron chi connectivity index (χ0n) is 21.4. The first-order valence-electron chi connectivity index (χ1n) is 12.3. The highest BCUT2D eigenvalue weighted by Crippen LogP contribution is 2.34. The standard InChI is InChI=1S/C23H29F3N10O2/c1-14-12-34(4-5-35(14)15(2)37)22-30-17-19(33-6-8-38-9-7-33)31-18(16-10-28-21(27-3)29-11-16)32-20(17)36(22)13-23(24,25)26/h10-11,14H,4-9,12-13H2,1-3H3,(H,27,28,29)/t14-/m0/s1. The van der Waals surface area contributed by atoms with Gasteiger partial charge < -0.3 is 24.8 Å². The number of hydrogen-bond acceptors (Lipinski definition) is 10. The van der Waals surface area contributed by atoms with Crippen LogP contribution in [-0.4, -0.2) is 105 Å². The number of piperazine rings is 1. The Morgan fingerprint density at radius 3 is 2.39 bits per heavy atom. The molecule has 0 radical (unpaired) electrons. The number of hydrogen-bond donors (Lipinski definition) is 1. The van der Waals surface area contributed by atoms with Gasteiger partial charge >= 0.3 is 6.18 Å². The molecule has 0 saturated carbocycles. The smallest absolute Gasteiger partial charge is 0.378 e. The second kappa shape index (κ2) is 10.2. The van der Waals surface area contributed by atoms with Crippen LogP contribution in [0, 0.1) is 0 Å². The minimum Gasteiger partial charge on any atom is -0.378 e. The minimum atomic E-state index is -4.52. The molecule has 2 saturated heterocycles. The number of aromatic nitrogens is 6. The summed E-state index contributed by atoms with van der Waals surface area (Å²) in [6, 6.07) is -0.191. The van der Waals surface area contributed by atoms with Crippen LogP contribution in [0.5, 0.6) is 0 Å². The van der Waals surface area contributed by atoms with E-state index in [4.69, 9.17) is 14.7 Å². The number of imidazole rings is 1. The largest absolute Gasteiger partial charge is 0.406 e. The second-order valence-corrected chi connectivity index (χ2v) is 9.31. The normalized spacial score (nSPS) is 18.8. The number of carbonyl (C=O) groups is 1. The Morgan fingerprint density at radius 2 is 1.79 bits per heavy atom. The maximum atomic E-state index is 13.9. The molecule has 0 bridgehead atoms. The summed E-state index contributed by atoms with van der Waals surface area (Å²) in [6.07, 6.45) is -1.47. The van der Waals surface area contributed by atoms with Gasteiger partial charge in [-0.25, -0.2) is 24.9 Å². The molecule has 15 heteroatoms. The molecule has 3 aromatic rings. The number of nitrogens with one attached hydrogen (secondary N) is 1. The van der Waals surface area contributed by atoms with E-state index in [2.05, 4.69) is 20.3 Å². The molecule has 12 nitrogen and oxygen atoms in total. The number of alkyl halides is 3. The lowest BCUT2D eigenvalue weighted by Gasteiger charge is -2.40. The van der Waals surface area contributed by atoms with Crippen molar-refractivity contribution in [2.75, 3.05) is 68.1 Å². The van der Waals surface area contributed by atoms with Crippen LogP contribution in [0.15, 0.2) is 12.4 Å². The number of halogens is 3. The van der Waals surface area contributed by atoms with Crippen molar-refractivity contribution in [1.29, 1.82) is 0 Å². The van der Waals surface area contributed by atoms with E-state index in [1.807, 2.05) is 11.8 Å². The van der Waals surface area contributed by atoms with Crippen molar-refractivity contribution in [2.45, 2.75) is 32.6 Å². The Morgan fingerprint density at radius 1 is 1.08 bits per heavy atom. The molecule has 0 aliphatic carbocycles. The third kappa shape index (κ3) is 5.14. The molecule has 0 spiro atoms. The van der Waals surface area contributed by atoms with E-state index in [1.54, 1.807) is 16.8 Å². The van der Waals surface area contributed by atoms with Crippen LogP contribution in [0.3, 0.4) is 0 Å². The number of amides is 1. The van der Waals surface area contributed by atoms with Gasteiger partial charge in [0.05, 0.1) is 18.8 Å². The first-order valence-corrected chi connectivity index (χ1v) is 12.3. The maximum absolute atomic E-state index is 13.9. The van der Waals surface area contributed by atoms with Gasteiger partial charge in [-0.05, 0) is 6.92 Å². The van der Waals surface area contributed by atoms with Crippen LogP contribution in [0.1, 0.15) is 13.8 Å². The Hall–Kier alpha value is -3.75. The molecule has 3 aromatic heterocycles. The molecule has 1 amide bonds. The molecular formula is C23H29F3N10O2. The number of morpholine rings is 1. The molecule has 1 atom stereocenters. The average molecular weight is 535 g/mol. The van der Waals surface area contributed by atoms with Gasteiger partial charge in [-0.1, -0.05) is 0 Å². The van der Waals surface area contributed by atoms with E-state index >= 15 is 0 Å². The quantitative estimate of drug-likeness (QED) is 0.519. The van der Waals surface area contributed by atoms with Gasteiger partial charge in [0.15, 0.2) is 22.8 Å². The zero-order valence-corrected chi connectivity index (χ0v) is 21.4. The van der Waals surface area contributed by atoms with Crippen molar-refractivity contribution in [3.05, 3.63) is 12.4 Å². The summed E-state index contributed by atoms with van der Waals surface area (Å²) < 4.78 is 48.2. The number of fused-ring (bicyclic) bond motifs is 1. The van der Waals surface area contributed by atoms with Crippen molar-refractivity contribution in [3.8, 4) is 11.4 Å². The molecule has 204 valence electrons. The average Bonchev–Trinajstić information content (AvgIpc) is 3.25. The summed E-state index contributed by atoms with van der Waals surface area (Å²) >= 11 is 0. The SMILES string of the molecule is CNc1ncc(-c2nc(N3CCOCC3)c3nc(N4CCN(C(C)=O)[C@@H](C)C4)n(CC(F)(F)F)c3n2)cn1. The van der Waals surface area contributed by atoms with Gasteiger partial charge in [-0.2, -0.15) is 13.2 Å². The summed E-state index contributed by atoms with van der Waals surface area (Å²) in [5.74, 6) is 1.11. The maximum Gasteiger partial charge on any atom is 0.406 e. The summed E-state index contributed by atoms with van der Waals surface area (Å²) in [7, 11) is 1.68. The van der Waals surface area contributed by atoms with E-state index in [-0.39, 0.29) is 34.9 Å². The summed E-state index contributed by atoms with van der Waals surface area (Å²) in [5, 5.41) is 2.83. The van der Waals surface area contributed by atoms with Crippen molar-refractivity contribution >= 4 is 34.8 Å². The Bertz CT molecular complexity index is 1310. The predicted octanol–water partition coefficient (Wildman–Crippen LogP) is 1.78. The molecule has 38 heavy (non-hydrogen) atoms. The van der Waals surface area contributed by atoms with Crippen LogP contribution in [0.2, 0.25) is 0 Å². The molecule has 0 unspecified atom stereocenters. The van der Waals surface area contributed by atoms with Crippen LogP contribution in [-0.2, 0) is 16.1 Å². The van der Waals surface area contributed by atoms with Gasteiger partial charge in [0, 0.05) is 65.1 Å². The van der Waals surface area contributed by atoms with E-state index in [0.717, 1.165) is 4.57 Å². The molecule has 5 heterocycles. The first-order chi connectivity index (χ1) is 18.1. The number of rotatable bonds is 5. The van der Waals surface area contributed by atoms with Gasteiger partial charge in [0.25, 0.3) is 0 Å². The second-order valence-electron chi connectivity index (χ2n) is 9.31. The first kappa shape index (κ1) is 25.9. The topological polar surface area (TPSA) is 117 Å². The van der Waals surface area contributed by atoms with Gasteiger partial charge in [0.2, 0.25) is 17.8 Å². The number of carbonyl (C=O) groups excluding carboxylic acids is 1. The van der Waals surface area contributed by atoms with E-state index in [0.29, 0.717) is 63.3 Å². The Labute approximate surface area is 216 Å². The minimum absolute atomic E-state index is 0.0717. The zero-order chi connectivity index (χ0) is 27.0.